The number of nitrogens with zero attached hydrogens (tertiary/aromatic N) is 2. The summed E-state index contributed by atoms with van der Waals surface area (Å²) in [6.07, 6.45) is 2.70. The van der Waals surface area contributed by atoms with Gasteiger partial charge in [-0.1, -0.05) is 0 Å². The van der Waals surface area contributed by atoms with Gasteiger partial charge in [-0.2, -0.15) is 0 Å². The van der Waals surface area contributed by atoms with E-state index in [4.69, 9.17) is 0 Å². The fourth-order valence-electron chi connectivity index (χ4n) is 3.42. The lowest BCUT2D eigenvalue weighted by Gasteiger charge is -2.21. The number of halogens is 1. The van der Waals surface area contributed by atoms with Crippen molar-refractivity contribution in [1.29, 1.82) is 0 Å². The average Bonchev–Trinajstić information content (AvgIpc) is 2.90. The minimum atomic E-state index is -3.24. The molecular formula is C19H17FN2O2S. The molecule has 4 rings (SSSR count). The topological polar surface area (TPSA) is 52.0 Å². The zero-order valence-electron chi connectivity index (χ0n) is 14.0. The SMILES string of the molecule is Cc1nc2n(c1-c1ccc(F)cc1)-c1ccc(S(C)(=O)=O)cc1CC2. The van der Waals surface area contributed by atoms with Crippen LogP contribution in [-0.2, 0) is 22.7 Å². The van der Waals surface area contributed by atoms with Gasteiger partial charge in [-0.25, -0.2) is 17.8 Å². The minimum Gasteiger partial charge on any atom is -0.296 e. The normalized spacial score (nSPS) is 13.4. The van der Waals surface area contributed by atoms with Crippen LogP contribution >= 0.6 is 0 Å². The molecule has 6 heteroatoms. The largest absolute Gasteiger partial charge is 0.296 e. The first-order valence-electron chi connectivity index (χ1n) is 8.02. The lowest BCUT2D eigenvalue weighted by molar-refractivity contribution is 0.601. The molecule has 128 valence electrons. The molecule has 0 atom stereocenters. The van der Waals surface area contributed by atoms with Crippen molar-refractivity contribution in [2.24, 2.45) is 0 Å². The molecule has 0 unspecified atom stereocenters. The van der Waals surface area contributed by atoms with Crippen molar-refractivity contribution < 1.29 is 12.8 Å². The monoisotopic (exact) mass is 356 g/mol. The van der Waals surface area contributed by atoms with E-state index in [1.54, 1.807) is 24.3 Å². The molecule has 2 heterocycles. The second-order valence-corrected chi connectivity index (χ2v) is 8.38. The van der Waals surface area contributed by atoms with Gasteiger partial charge in [0.2, 0.25) is 0 Å². The first kappa shape index (κ1) is 16.0. The molecule has 0 saturated heterocycles. The van der Waals surface area contributed by atoms with E-state index < -0.39 is 9.84 Å². The third kappa shape index (κ3) is 2.66. The van der Waals surface area contributed by atoms with Crippen LogP contribution in [0.3, 0.4) is 0 Å². The molecule has 1 aliphatic heterocycles. The lowest BCUT2D eigenvalue weighted by atomic mass is 10.0. The van der Waals surface area contributed by atoms with Gasteiger partial charge in [0, 0.05) is 18.2 Å². The Morgan fingerprint density at radius 2 is 1.80 bits per heavy atom. The van der Waals surface area contributed by atoms with E-state index in [1.165, 1.54) is 18.4 Å². The Morgan fingerprint density at radius 1 is 1.08 bits per heavy atom. The summed E-state index contributed by atoms with van der Waals surface area (Å²) in [5.41, 5.74) is 4.60. The Balaban J connectivity index is 1.94. The average molecular weight is 356 g/mol. The molecule has 2 aromatic carbocycles. The van der Waals surface area contributed by atoms with E-state index >= 15 is 0 Å². The van der Waals surface area contributed by atoms with Gasteiger partial charge in [0.25, 0.3) is 0 Å². The highest BCUT2D eigenvalue weighted by molar-refractivity contribution is 7.90. The number of aryl methyl sites for hydroxylation is 3. The third-order valence-corrected chi connectivity index (χ3v) is 5.69. The number of aromatic nitrogens is 2. The zero-order chi connectivity index (χ0) is 17.8. The molecule has 0 fully saturated rings. The summed E-state index contributed by atoms with van der Waals surface area (Å²) >= 11 is 0. The number of sulfone groups is 1. The highest BCUT2D eigenvalue weighted by Crippen LogP contribution is 2.34. The van der Waals surface area contributed by atoms with Gasteiger partial charge in [0.15, 0.2) is 9.84 Å². The van der Waals surface area contributed by atoms with Crippen LogP contribution < -0.4 is 0 Å². The van der Waals surface area contributed by atoms with Crippen LogP contribution in [-0.4, -0.2) is 24.2 Å². The van der Waals surface area contributed by atoms with Crippen LogP contribution in [0.2, 0.25) is 0 Å². The molecule has 1 aliphatic rings. The maximum absolute atomic E-state index is 13.3. The van der Waals surface area contributed by atoms with Gasteiger partial charge in [-0.05, 0) is 61.4 Å². The van der Waals surface area contributed by atoms with Crippen molar-refractivity contribution in [3.05, 3.63) is 65.4 Å². The summed E-state index contributed by atoms with van der Waals surface area (Å²) in [7, 11) is -3.24. The second-order valence-electron chi connectivity index (χ2n) is 6.37. The first-order chi connectivity index (χ1) is 11.8. The van der Waals surface area contributed by atoms with Gasteiger partial charge < -0.3 is 0 Å². The number of rotatable bonds is 2. The molecule has 0 radical (unpaired) electrons. The van der Waals surface area contributed by atoms with Gasteiger partial charge in [-0.3, -0.25) is 4.57 Å². The van der Waals surface area contributed by atoms with Gasteiger partial charge >= 0.3 is 0 Å². The summed E-state index contributed by atoms with van der Waals surface area (Å²) in [5, 5.41) is 0. The number of hydrogen-bond acceptors (Lipinski definition) is 3. The van der Waals surface area contributed by atoms with Crippen LogP contribution in [0.1, 0.15) is 17.1 Å². The fourth-order valence-corrected chi connectivity index (χ4v) is 4.09. The van der Waals surface area contributed by atoms with E-state index in [1.807, 2.05) is 13.0 Å². The van der Waals surface area contributed by atoms with Crippen LogP contribution in [0.15, 0.2) is 47.4 Å². The van der Waals surface area contributed by atoms with Crippen molar-refractivity contribution in [2.45, 2.75) is 24.7 Å². The van der Waals surface area contributed by atoms with E-state index in [-0.39, 0.29) is 5.82 Å². The van der Waals surface area contributed by atoms with Crippen molar-refractivity contribution in [1.82, 2.24) is 9.55 Å². The van der Waals surface area contributed by atoms with Gasteiger partial charge in [-0.15, -0.1) is 0 Å². The van der Waals surface area contributed by atoms with Crippen molar-refractivity contribution >= 4 is 9.84 Å². The van der Waals surface area contributed by atoms with Crippen molar-refractivity contribution in [3.63, 3.8) is 0 Å². The first-order valence-corrected chi connectivity index (χ1v) is 9.91. The van der Waals surface area contributed by atoms with E-state index in [2.05, 4.69) is 9.55 Å². The predicted molar refractivity (Wildman–Crippen MR) is 94.2 cm³/mol. The highest BCUT2D eigenvalue weighted by Gasteiger charge is 2.24. The number of fused-ring (bicyclic) bond motifs is 3. The summed E-state index contributed by atoms with van der Waals surface area (Å²) in [6.45, 7) is 1.94. The fraction of sp³-hybridized carbons (Fsp3) is 0.211. The molecule has 4 nitrogen and oxygen atoms in total. The minimum absolute atomic E-state index is 0.280. The zero-order valence-corrected chi connectivity index (χ0v) is 14.8. The molecule has 0 saturated carbocycles. The third-order valence-electron chi connectivity index (χ3n) is 4.58. The second kappa shape index (κ2) is 5.52. The van der Waals surface area contributed by atoms with Crippen LogP contribution in [0, 0.1) is 12.7 Å². The van der Waals surface area contributed by atoms with E-state index in [0.717, 1.165) is 46.9 Å². The Morgan fingerprint density at radius 3 is 2.48 bits per heavy atom. The van der Waals surface area contributed by atoms with E-state index in [0.29, 0.717) is 4.90 Å². The van der Waals surface area contributed by atoms with Crippen molar-refractivity contribution in [3.8, 4) is 16.9 Å². The number of imidazole rings is 1. The Bertz CT molecular complexity index is 1080. The summed E-state index contributed by atoms with van der Waals surface area (Å²) in [5.74, 6) is 0.661. The van der Waals surface area contributed by atoms with Crippen molar-refractivity contribution in [2.75, 3.05) is 6.26 Å². The number of benzene rings is 2. The molecule has 0 spiro atoms. The molecular weight excluding hydrogens is 339 g/mol. The summed E-state index contributed by atoms with van der Waals surface area (Å²) in [6, 6.07) is 11.6. The Hall–Kier alpha value is -2.47. The maximum atomic E-state index is 13.3. The Labute approximate surface area is 145 Å². The predicted octanol–water partition coefficient (Wildman–Crippen LogP) is 3.49. The molecule has 0 aliphatic carbocycles. The molecule has 0 amide bonds. The van der Waals surface area contributed by atoms with Crippen LogP contribution in [0.4, 0.5) is 4.39 Å². The van der Waals surface area contributed by atoms with Gasteiger partial charge in [0.1, 0.15) is 11.6 Å². The summed E-state index contributed by atoms with van der Waals surface area (Å²) in [4.78, 5) is 5.00. The molecule has 0 bridgehead atoms. The molecule has 1 aromatic heterocycles. The number of hydrogen-bond donors (Lipinski definition) is 0. The molecule has 3 aromatic rings. The molecule has 0 N–H and O–H groups in total. The maximum Gasteiger partial charge on any atom is 0.175 e. The molecule has 25 heavy (non-hydrogen) atoms. The van der Waals surface area contributed by atoms with Crippen LogP contribution in [0.5, 0.6) is 0 Å². The lowest BCUT2D eigenvalue weighted by Crippen LogP contribution is -2.14. The van der Waals surface area contributed by atoms with Crippen LogP contribution in [0.25, 0.3) is 16.9 Å². The quantitative estimate of drug-likeness (QED) is 0.706. The van der Waals surface area contributed by atoms with Gasteiger partial charge in [0.05, 0.1) is 22.0 Å². The smallest absolute Gasteiger partial charge is 0.175 e. The van der Waals surface area contributed by atoms with E-state index in [9.17, 15) is 12.8 Å². The summed E-state index contributed by atoms with van der Waals surface area (Å²) < 4.78 is 39.0. The standard InChI is InChI=1S/C19H17FN2O2S/c1-12-19(13-3-6-15(20)7-4-13)22-17-9-8-16(25(2,23)24)11-14(17)5-10-18(22)21-12/h3-4,6-9,11H,5,10H2,1-2H3. The highest BCUT2D eigenvalue weighted by atomic mass is 32.2. The Kier molecular flexibility index (Phi) is 3.54.